The van der Waals surface area contributed by atoms with E-state index >= 15 is 4.39 Å². The zero-order valence-electron chi connectivity index (χ0n) is 16.1. The number of nitrogens with zero attached hydrogens (tertiary/aromatic N) is 4. The first-order valence-electron chi connectivity index (χ1n) is 9.59. The Bertz CT molecular complexity index is 1130. The van der Waals surface area contributed by atoms with E-state index in [2.05, 4.69) is 6.07 Å². The Morgan fingerprint density at radius 1 is 1.38 bits per heavy atom. The molecule has 29 heavy (non-hydrogen) atoms. The lowest BCUT2D eigenvalue weighted by Crippen LogP contribution is -2.44. The van der Waals surface area contributed by atoms with Gasteiger partial charge in [0.15, 0.2) is 11.6 Å². The van der Waals surface area contributed by atoms with Gasteiger partial charge in [0, 0.05) is 25.2 Å². The van der Waals surface area contributed by atoms with Gasteiger partial charge in [-0.25, -0.2) is 9.18 Å². The summed E-state index contributed by atoms with van der Waals surface area (Å²) in [7, 11) is 1.39. The van der Waals surface area contributed by atoms with Gasteiger partial charge in [0.1, 0.15) is 11.2 Å². The maximum Gasteiger partial charge on any atom is 0.350 e. The minimum Gasteiger partial charge on any atom is -0.492 e. The number of fused-ring (bicyclic) bond motifs is 1. The predicted molar refractivity (Wildman–Crippen MR) is 106 cm³/mol. The van der Waals surface area contributed by atoms with Gasteiger partial charge in [0.05, 0.1) is 25.0 Å². The van der Waals surface area contributed by atoms with E-state index in [-0.39, 0.29) is 46.8 Å². The molecule has 0 bridgehead atoms. The SMILES string of the molecule is COc1c(N2CCC(C(N)CC#N)C2)c(F)cc2c(=O)n(N)c(=O)n(C3CC3)c12. The van der Waals surface area contributed by atoms with E-state index in [0.717, 1.165) is 18.9 Å². The molecule has 1 aromatic heterocycles. The van der Waals surface area contributed by atoms with Crippen molar-refractivity contribution in [1.29, 1.82) is 5.26 Å². The van der Waals surface area contributed by atoms with Crippen LogP contribution in [0.3, 0.4) is 0 Å². The minimum absolute atomic E-state index is 0.00836. The molecule has 2 unspecified atom stereocenters. The van der Waals surface area contributed by atoms with E-state index in [0.29, 0.717) is 24.2 Å². The van der Waals surface area contributed by atoms with Gasteiger partial charge in [-0.2, -0.15) is 9.94 Å². The molecule has 1 aliphatic heterocycles. The topological polar surface area (TPSA) is 132 Å². The van der Waals surface area contributed by atoms with Gasteiger partial charge in [-0.3, -0.25) is 9.36 Å². The molecule has 10 heteroatoms. The third-order valence-corrected chi connectivity index (χ3v) is 5.87. The lowest BCUT2D eigenvalue weighted by Gasteiger charge is -2.25. The predicted octanol–water partition coefficient (Wildman–Crippen LogP) is 0.427. The van der Waals surface area contributed by atoms with Gasteiger partial charge >= 0.3 is 5.69 Å². The number of methoxy groups -OCH3 is 1. The van der Waals surface area contributed by atoms with Crippen molar-refractivity contribution in [2.75, 3.05) is 30.9 Å². The number of benzene rings is 1. The molecule has 2 atom stereocenters. The van der Waals surface area contributed by atoms with Crippen LogP contribution in [0.1, 0.15) is 31.7 Å². The second-order valence-electron chi connectivity index (χ2n) is 7.72. The molecule has 2 aliphatic rings. The Morgan fingerprint density at radius 2 is 2.10 bits per heavy atom. The van der Waals surface area contributed by atoms with Gasteiger partial charge < -0.3 is 21.2 Å². The molecule has 0 spiro atoms. The summed E-state index contributed by atoms with van der Waals surface area (Å²) in [6, 6.07) is 2.81. The van der Waals surface area contributed by atoms with Crippen LogP contribution in [0.2, 0.25) is 0 Å². The summed E-state index contributed by atoms with van der Waals surface area (Å²) in [5.41, 5.74) is 5.15. The quantitative estimate of drug-likeness (QED) is 0.693. The van der Waals surface area contributed by atoms with Crippen molar-refractivity contribution >= 4 is 16.6 Å². The molecule has 0 amide bonds. The number of hydrogen-bond acceptors (Lipinski definition) is 7. The van der Waals surface area contributed by atoms with Crippen molar-refractivity contribution < 1.29 is 9.13 Å². The van der Waals surface area contributed by atoms with Gasteiger partial charge in [0.25, 0.3) is 5.56 Å². The van der Waals surface area contributed by atoms with Crippen molar-refractivity contribution in [2.45, 2.75) is 37.8 Å². The summed E-state index contributed by atoms with van der Waals surface area (Å²) in [5.74, 6) is 5.22. The Hall–Kier alpha value is -3.06. The number of ether oxygens (including phenoxy) is 1. The largest absolute Gasteiger partial charge is 0.492 e. The number of hydrogen-bond donors (Lipinski definition) is 2. The van der Waals surface area contributed by atoms with Crippen molar-refractivity contribution in [2.24, 2.45) is 11.7 Å². The summed E-state index contributed by atoms with van der Waals surface area (Å²) >= 11 is 0. The van der Waals surface area contributed by atoms with E-state index in [4.69, 9.17) is 21.6 Å². The third-order valence-electron chi connectivity index (χ3n) is 5.87. The van der Waals surface area contributed by atoms with Crippen LogP contribution in [0.4, 0.5) is 10.1 Å². The molecule has 4 N–H and O–H groups in total. The van der Waals surface area contributed by atoms with Crippen LogP contribution in [0, 0.1) is 23.1 Å². The molecule has 2 fully saturated rings. The highest BCUT2D eigenvalue weighted by Crippen LogP contribution is 2.43. The number of nitrogens with two attached hydrogens (primary N) is 2. The molecule has 1 aromatic carbocycles. The van der Waals surface area contributed by atoms with Gasteiger partial charge in [-0.05, 0) is 31.2 Å². The average Bonchev–Trinajstić information content (AvgIpc) is 3.41. The molecule has 4 rings (SSSR count). The van der Waals surface area contributed by atoms with Gasteiger partial charge in [-0.15, -0.1) is 0 Å². The zero-order chi connectivity index (χ0) is 20.9. The third kappa shape index (κ3) is 3.02. The van der Waals surface area contributed by atoms with E-state index in [1.807, 2.05) is 4.90 Å². The lowest BCUT2D eigenvalue weighted by molar-refractivity contribution is 0.412. The Morgan fingerprint density at radius 3 is 2.72 bits per heavy atom. The summed E-state index contributed by atoms with van der Waals surface area (Å²) < 4.78 is 22.7. The average molecular weight is 402 g/mol. The van der Waals surface area contributed by atoms with Crippen LogP contribution in [0.15, 0.2) is 15.7 Å². The number of aromatic nitrogens is 2. The number of nitrogen functional groups attached to an aromatic ring is 1. The lowest BCUT2D eigenvalue weighted by atomic mass is 9.98. The van der Waals surface area contributed by atoms with Crippen LogP contribution in [-0.4, -0.2) is 35.5 Å². The highest BCUT2D eigenvalue weighted by Gasteiger charge is 2.35. The summed E-state index contributed by atoms with van der Waals surface area (Å²) in [6.07, 6.45) is 2.49. The Kier molecular flexibility index (Phi) is 4.70. The van der Waals surface area contributed by atoms with E-state index < -0.39 is 17.1 Å². The van der Waals surface area contributed by atoms with Gasteiger partial charge in [-0.1, -0.05) is 0 Å². The fourth-order valence-corrected chi connectivity index (χ4v) is 4.21. The van der Waals surface area contributed by atoms with E-state index in [1.54, 1.807) is 0 Å². The number of anilines is 1. The molecule has 1 aliphatic carbocycles. The van der Waals surface area contributed by atoms with E-state index in [1.165, 1.54) is 11.7 Å². The van der Waals surface area contributed by atoms with Crippen molar-refractivity contribution in [3.8, 4) is 11.8 Å². The first-order chi connectivity index (χ1) is 13.9. The second-order valence-corrected chi connectivity index (χ2v) is 7.72. The summed E-state index contributed by atoms with van der Waals surface area (Å²) in [4.78, 5) is 27.0. The first-order valence-corrected chi connectivity index (χ1v) is 9.59. The van der Waals surface area contributed by atoms with Crippen LogP contribution in [0.5, 0.6) is 5.75 Å². The maximum atomic E-state index is 15.2. The molecule has 2 heterocycles. The fraction of sp³-hybridized carbons (Fsp3) is 0.526. The van der Waals surface area contributed by atoms with Crippen molar-refractivity contribution in [3.63, 3.8) is 0 Å². The normalized spacial score (nSPS) is 20.1. The monoisotopic (exact) mass is 402 g/mol. The Balaban J connectivity index is 1.91. The maximum absolute atomic E-state index is 15.2. The highest BCUT2D eigenvalue weighted by molar-refractivity contribution is 5.91. The van der Waals surface area contributed by atoms with Crippen LogP contribution in [0.25, 0.3) is 10.9 Å². The van der Waals surface area contributed by atoms with E-state index in [9.17, 15) is 9.59 Å². The highest BCUT2D eigenvalue weighted by atomic mass is 19.1. The summed E-state index contributed by atoms with van der Waals surface area (Å²) in [6.45, 7) is 0.993. The molecular formula is C19H23FN6O3. The van der Waals surface area contributed by atoms with Crippen LogP contribution >= 0.6 is 0 Å². The molecule has 1 saturated carbocycles. The molecule has 0 radical (unpaired) electrons. The standard InChI is InChI=1S/C19H23FN6O3/c1-29-17-15-12(18(27)26(23)19(28)25(15)11-2-3-11)8-13(20)16(17)24-7-5-10(9-24)14(22)4-6-21/h8,10-11,14H,2-5,7,9,22-23H2,1H3. The molecule has 9 nitrogen and oxygen atoms in total. The Labute approximate surface area is 165 Å². The minimum atomic E-state index is -0.763. The smallest absolute Gasteiger partial charge is 0.350 e. The van der Waals surface area contributed by atoms with Crippen molar-refractivity contribution in [3.05, 3.63) is 32.7 Å². The molecular weight excluding hydrogens is 379 g/mol. The molecule has 2 aromatic rings. The van der Waals surface area contributed by atoms with Crippen molar-refractivity contribution in [1.82, 2.24) is 9.24 Å². The van der Waals surface area contributed by atoms with Crippen LogP contribution < -0.4 is 32.5 Å². The molecule has 154 valence electrons. The molecule has 1 saturated heterocycles. The second kappa shape index (κ2) is 7.08. The zero-order valence-corrected chi connectivity index (χ0v) is 16.1. The fourth-order valence-electron chi connectivity index (χ4n) is 4.21. The van der Waals surface area contributed by atoms with Crippen LogP contribution in [-0.2, 0) is 0 Å². The van der Waals surface area contributed by atoms with Gasteiger partial charge in [0.2, 0.25) is 0 Å². The number of rotatable bonds is 5. The first kappa shape index (κ1) is 19.3. The summed E-state index contributed by atoms with van der Waals surface area (Å²) in [5, 5.41) is 8.90. The number of nitriles is 1. The number of halogens is 1.